The lowest BCUT2D eigenvalue weighted by Gasteiger charge is -2.10. The molecule has 6 heteroatoms. The molecule has 2 N–H and O–H groups in total. The van der Waals surface area contributed by atoms with E-state index in [4.69, 9.17) is 10.5 Å². The molecule has 0 fully saturated rings. The Morgan fingerprint density at radius 1 is 1.50 bits per heavy atom. The van der Waals surface area contributed by atoms with Crippen molar-refractivity contribution in [3.63, 3.8) is 0 Å². The van der Waals surface area contributed by atoms with Crippen LogP contribution in [-0.2, 0) is 15.5 Å². The van der Waals surface area contributed by atoms with Gasteiger partial charge in [-0.25, -0.2) is 8.78 Å². The predicted octanol–water partition coefficient (Wildman–Crippen LogP) is 1.05. The van der Waals surface area contributed by atoms with Crippen LogP contribution >= 0.6 is 0 Å². The highest BCUT2D eigenvalue weighted by Gasteiger charge is 2.14. The Balaban J connectivity index is 2.76. The lowest BCUT2D eigenvalue weighted by molar-refractivity contribution is 0.186. The van der Waals surface area contributed by atoms with Gasteiger partial charge in [0.2, 0.25) is 0 Å². The minimum absolute atomic E-state index is 0.0359. The number of hydrogen-bond acceptors (Lipinski definition) is 3. The van der Waals surface area contributed by atoms with Crippen molar-refractivity contribution < 1.29 is 17.7 Å². The Bertz CT molecular complexity index is 387. The molecule has 2 atom stereocenters. The maximum Gasteiger partial charge on any atom is 0.139 e. The molecule has 0 saturated heterocycles. The maximum atomic E-state index is 13.2. The van der Waals surface area contributed by atoms with Crippen LogP contribution < -0.4 is 5.73 Å². The van der Waals surface area contributed by atoms with E-state index in [1.165, 1.54) is 7.11 Å². The highest BCUT2D eigenvalue weighted by atomic mass is 32.2. The van der Waals surface area contributed by atoms with Gasteiger partial charge in [0.15, 0.2) is 0 Å². The molecule has 3 nitrogen and oxygen atoms in total. The average molecular weight is 249 g/mol. The summed E-state index contributed by atoms with van der Waals surface area (Å²) in [5, 5.41) is 0. The molecule has 90 valence electrons. The molecule has 0 aromatic heterocycles. The minimum Gasteiger partial charge on any atom is -0.383 e. The molecule has 2 unspecified atom stereocenters. The van der Waals surface area contributed by atoms with Gasteiger partial charge in [0, 0.05) is 18.9 Å². The number of rotatable bonds is 5. The van der Waals surface area contributed by atoms with Crippen LogP contribution in [0.5, 0.6) is 0 Å². The van der Waals surface area contributed by atoms with Crippen LogP contribution in [0.25, 0.3) is 0 Å². The fourth-order valence-electron chi connectivity index (χ4n) is 1.20. The zero-order valence-corrected chi connectivity index (χ0v) is 9.60. The first-order valence-corrected chi connectivity index (χ1v) is 5.94. The Labute approximate surface area is 95.0 Å². The monoisotopic (exact) mass is 249 g/mol. The number of ether oxygens (including phenoxy) is 1. The van der Waals surface area contributed by atoms with Crippen LogP contribution in [-0.4, -0.2) is 29.7 Å². The zero-order valence-electron chi connectivity index (χ0n) is 8.78. The number of nitrogens with two attached hydrogens (primary N) is 1. The number of hydrogen-bond donors (Lipinski definition) is 1. The Morgan fingerprint density at radius 3 is 2.81 bits per heavy atom. The van der Waals surface area contributed by atoms with Crippen LogP contribution in [0.2, 0.25) is 0 Å². The molecule has 1 aromatic carbocycles. The van der Waals surface area contributed by atoms with Crippen molar-refractivity contribution >= 4 is 10.8 Å². The van der Waals surface area contributed by atoms with Crippen LogP contribution in [0.1, 0.15) is 0 Å². The number of methoxy groups -OCH3 is 1. The van der Waals surface area contributed by atoms with E-state index >= 15 is 0 Å². The van der Waals surface area contributed by atoms with Crippen LogP contribution in [0, 0.1) is 11.6 Å². The summed E-state index contributed by atoms with van der Waals surface area (Å²) in [5.74, 6) is -1.27. The SMILES string of the molecule is COCC(N)CS(=O)c1cc(F)ccc1F. The molecule has 0 amide bonds. The van der Waals surface area contributed by atoms with E-state index in [-0.39, 0.29) is 17.3 Å². The quantitative estimate of drug-likeness (QED) is 0.848. The summed E-state index contributed by atoms with van der Waals surface area (Å²) in [6.07, 6.45) is 0. The van der Waals surface area contributed by atoms with Crippen molar-refractivity contribution in [1.29, 1.82) is 0 Å². The predicted molar refractivity (Wildman–Crippen MR) is 57.5 cm³/mol. The zero-order chi connectivity index (χ0) is 12.1. The Morgan fingerprint density at radius 2 is 2.19 bits per heavy atom. The molecule has 0 spiro atoms. The first-order chi connectivity index (χ1) is 7.54. The molecule has 1 rings (SSSR count). The lowest BCUT2D eigenvalue weighted by Crippen LogP contribution is -2.31. The average Bonchev–Trinajstić information content (AvgIpc) is 2.21. The van der Waals surface area contributed by atoms with Crippen LogP contribution in [0.15, 0.2) is 23.1 Å². The molecule has 0 saturated carbocycles. The third kappa shape index (κ3) is 3.62. The van der Waals surface area contributed by atoms with Gasteiger partial charge in [-0.05, 0) is 18.2 Å². The van der Waals surface area contributed by atoms with E-state index in [0.717, 1.165) is 18.2 Å². The maximum absolute atomic E-state index is 13.2. The molecule has 0 radical (unpaired) electrons. The first kappa shape index (κ1) is 13.2. The van der Waals surface area contributed by atoms with Gasteiger partial charge in [-0.1, -0.05) is 0 Å². The molecule has 0 aliphatic rings. The van der Waals surface area contributed by atoms with Crippen molar-refractivity contribution in [2.45, 2.75) is 10.9 Å². The van der Waals surface area contributed by atoms with E-state index in [1.807, 2.05) is 0 Å². The summed E-state index contributed by atoms with van der Waals surface area (Å²) in [4.78, 5) is -0.161. The normalized spacial score (nSPS) is 14.8. The highest BCUT2D eigenvalue weighted by molar-refractivity contribution is 7.85. The lowest BCUT2D eigenvalue weighted by atomic mass is 10.3. The van der Waals surface area contributed by atoms with Gasteiger partial charge in [-0.3, -0.25) is 4.21 Å². The third-order valence-corrected chi connectivity index (χ3v) is 3.42. The van der Waals surface area contributed by atoms with Crippen molar-refractivity contribution in [2.75, 3.05) is 19.5 Å². The molecule has 0 aliphatic carbocycles. The van der Waals surface area contributed by atoms with E-state index in [1.54, 1.807) is 0 Å². The second kappa shape index (κ2) is 6.03. The molecule has 0 heterocycles. The first-order valence-electron chi connectivity index (χ1n) is 4.62. The molecule has 0 bridgehead atoms. The van der Waals surface area contributed by atoms with Crippen molar-refractivity contribution in [3.05, 3.63) is 29.8 Å². The van der Waals surface area contributed by atoms with E-state index < -0.39 is 28.5 Å². The van der Waals surface area contributed by atoms with E-state index in [2.05, 4.69) is 0 Å². The third-order valence-electron chi connectivity index (χ3n) is 1.88. The van der Waals surface area contributed by atoms with Gasteiger partial charge in [-0.2, -0.15) is 0 Å². The van der Waals surface area contributed by atoms with E-state index in [0.29, 0.717) is 0 Å². The summed E-state index contributed by atoms with van der Waals surface area (Å²) in [6.45, 7) is 0.225. The van der Waals surface area contributed by atoms with Gasteiger partial charge >= 0.3 is 0 Å². The molecule has 0 aliphatic heterocycles. The van der Waals surface area contributed by atoms with Gasteiger partial charge in [-0.15, -0.1) is 0 Å². The molecule has 16 heavy (non-hydrogen) atoms. The minimum atomic E-state index is -1.66. The highest BCUT2D eigenvalue weighted by Crippen LogP contribution is 2.14. The largest absolute Gasteiger partial charge is 0.383 e. The Kier molecular flexibility index (Phi) is 4.98. The smallest absolute Gasteiger partial charge is 0.139 e. The Hall–Kier alpha value is -0.850. The summed E-state index contributed by atoms with van der Waals surface area (Å²) in [6, 6.07) is 2.38. The van der Waals surface area contributed by atoms with Gasteiger partial charge in [0.05, 0.1) is 22.3 Å². The summed E-state index contributed by atoms with van der Waals surface area (Å²) >= 11 is 0. The van der Waals surface area contributed by atoms with Gasteiger partial charge in [0.1, 0.15) is 11.6 Å². The number of halogens is 2. The van der Waals surface area contributed by atoms with Crippen LogP contribution in [0.4, 0.5) is 8.78 Å². The van der Waals surface area contributed by atoms with Crippen molar-refractivity contribution in [2.24, 2.45) is 5.73 Å². The van der Waals surface area contributed by atoms with Crippen LogP contribution in [0.3, 0.4) is 0 Å². The number of benzene rings is 1. The second-order valence-electron chi connectivity index (χ2n) is 3.30. The van der Waals surface area contributed by atoms with E-state index in [9.17, 15) is 13.0 Å². The van der Waals surface area contributed by atoms with Gasteiger partial charge < -0.3 is 10.5 Å². The standard InChI is InChI=1S/C10H13F2NO2S/c1-15-5-8(13)6-16(14)10-4-7(11)2-3-9(10)12/h2-4,8H,5-6,13H2,1H3. The fourth-order valence-corrected chi connectivity index (χ4v) is 2.39. The summed E-state index contributed by atoms with van der Waals surface area (Å²) in [5.41, 5.74) is 5.58. The topological polar surface area (TPSA) is 52.3 Å². The van der Waals surface area contributed by atoms with Gasteiger partial charge in [0.25, 0.3) is 0 Å². The second-order valence-corrected chi connectivity index (χ2v) is 4.77. The van der Waals surface area contributed by atoms with Crippen molar-refractivity contribution in [1.82, 2.24) is 0 Å². The summed E-state index contributed by atoms with van der Waals surface area (Å²) in [7, 11) is -0.193. The molecular weight excluding hydrogens is 236 g/mol. The fraction of sp³-hybridized carbons (Fsp3) is 0.400. The molecule has 1 aromatic rings. The summed E-state index contributed by atoms with van der Waals surface area (Å²) < 4.78 is 42.5. The molecular formula is C10H13F2NO2S. The van der Waals surface area contributed by atoms with Crippen molar-refractivity contribution in [3.8, 4) is 0 Å².